The number of para-hydroxylation sites is 1. The van der Waals surface area contributed by atoms with Crippen LogP contribution in [0.1, 0.15) is 79.7 Å². The molecule has 0 spiro atoms. The second-order valence-electron chi connectivity index (χ2n) is 11.1. The summed E-state index contributed by atoms with van der Waals surface area (Å²) >= 11 is 0. The molecule has 0 saturated carbocycles. The van der Waals surface area contributed by atoms with E-state index in [1.54, 1.807) is 6.33 Å². The summed E-state index contributed by atoms with van der Waals surface area (Å²) in [5.74, 6) is 0.547. The minimum absolute atomic E-state index is 0. The molecule has 1 aromatic heterocycles. The van der Waals surface area contributed by atoms with Gasteiger partial charge in [0.25, 0.3) is 0 Å². The first-order valence-electron chi connectivity index (χ1n) is 14.2. The maximum Gasteiger partial charge on any atom is 0.162 e. The normalized spacial score (nSPS) is 11.9. The Bertz CT molecular complexity index is 1430. The predicted molar refractivity (Wildman–Crippen MR) is 164 cm³/mol. The third-order valence-corrected chi connectivity index (χ3v) is 7.46. The van der Waals surface area contributed by atoms with E-state index in [1.807, 2.05) is 45.9 Å². The number of aliphatic hydroxyl groups excluding tert-OH is 1. The fraction of sp³-hybridized carbons (Fsp3) is 0.400. The van der Waals surface area contributed by atoms with Gasteiger partial charge in [-0.15, -0.1) is 29.1 Å². The number of aliphatic hydroxyl groups is 1. The number of ketones is 1. The molecule has 4 rings (SSSR count). The van der Waals surface area contributed by atoms with Gasteiger partial charge in [-0.3, -0.25) is 9.78 Å². The van der Waals surface area contributed by atoms with Crippen molar-refractivity contribution in [2.24, 2.45) is 11.8 Å². The van der Waals surface area contributed by atoms with Gasteiger partial charge in [-0.25, -0.2) is 4.98 Å². The summed E-state index contributed by atoms with van der Waals surface area (Å²) in [7, 11) is 0. The van der Waals surface area contributed by atoms with Gasteiger partial charge in [0.2, 0.25) is 0 Å². The number of aromatic nitrogens is 2. The van der Waals surface area contributed by atoms with Crippen LogP contribution in [-0.4, -0.2) is 20.9 Å². The number of benzene rings is 3. The van der Waals surface area contributed by atoms with E-state index in [1.165, 1.54) is 17.0 Å². The molecule has 1 heterocycles. The van der Waals surface area contributed by atoms with Crippen molar-refractivity contribution in [3.8, 4) is 11.3 Å². The molecule has 1 radical (unpaired) electrons. The zero-order chi connectivity index (χ0) is 28.6. The van der Waals surface area contributed by atoms with E-state index in [2.05, 4.69) is 73.2 Å². The smallest absolute Gasteiger partial charge is 0.162 e. The van der Waals surface area contributed by atoms with Gasteiger partial charge in [-0.2, -0.15) is 0 Å². The molecule has 0 aliphatic rings. The Morgan fingerprint density at radius 2 is 1.45 bits per heavy atom. The van der Waals surface area contributed by atoms with Crippen LogP contribution in [0.4, 0.5) is 0 Å². The largest absolute Gasteiger partial charge is 0.512 e. The van der Waals surface area contributed by atoms with Crippen molar-refractivity contribution in [2.45, 2.75) is 79.6 Å². The van der Waals surface area contributed by atoms with Crippen molar-refractivity contribution in [1.82, 2.24) is 9.97 Å². The van der Waals surface area contributed by atoms with Crippen molar-refractivity contribution >= 4 is 27.5 Å². The third kappa shape index (κ3) is 8.08. The minimum Gasteiger partial charge on any atom is -0.512 e. The Morgan fingerprint density at radius 1 is 0.875 bits per heavy atom. The molecule has 0 saturated heterocycles. The van der Waals surface area contributed by atoms with E-state index in [0.717, 1.165) is 53.2 Å². The van der Waals surface area contributed by atoms with Crippen LogP contribution in [0.15, 0.2) is 72.8 Å². The van der Waals surface area contributed by atoms with E-state index in [9.17, 15) is 9.90 Å². The van der Waals surface area contributed by atoms with Gasteiger partial charge >= 0.3 is 0 Å². The maximum atomic E-state index is 11.7. The van der Waals surface area contributed by atoms with Crippen LogP contribution < -0.4 is 0 Å². The van der Waals surface area contributed by atoms with Gasteiger partial charge in [0, 0.05) is 43.7 Å². The van der Waals surface area contributed by atoms with Crippen LogP contribution in [-0.2, 0) is 30.3 Å². The first kappa shape index (κ1) is 33.3. The number of allylic oxidation sites excluding steroid dienone is 2. The number of hydrogen-bond acceptors (Lipinski definition) is 4. The van der Waals surface area contributed by atoms with Gasteiger partial charge in [-0.05, 0) is 42.6 Å². The van der Waals surface area contributed by atoms with Gasteiger partial charge in [-0.1, -0.05) is 95.8 Å². The molecule has 40 heavy (non-hydrogen) atoms. The van der Waals surface area contributed by atoms with E-state index in [0.29, 0.717) is 0 Å². The third-order valence-electron chi connectivity index (χ3n) is 7.46. The van der Waals surface area contributed by atoms with Crippen molar-refractivity contribution in [1.29, 1.82) is 0 Å². The van der Waals surface area contributed by atoms with Crippen LogP contribution >= 0.6 is 0 Å². The molecule has 0 aliphatic carbocycles. The fourth-order valence-electron chi connectivity index (χ4n) is 4.98. The molecule has 3 aromatic carbocycles. The van der Waals surface area contributed by atoms with E-state index in [-0.39, 0.29) is 48.9 Å². The number of hydrogen-bond donors (Lipinski definition) is 1. The van der Waals surface area contributed by atoms with Crippen LogP contribution in [0.5, 0.6) is 0 Å². The monoisotopic (exact) mass is 716 g/mol. The van der Waals surface area contributed by atoms with E-state index in [4.69, 9.17) is 0 Å². The molecular formula is C35H43IrN2O2-. The standard InChI is InChI=1S/C22H19N2.C13H24O2.Ir/c1-22(2,3)19-13-16(12-15-8-4-5-9-17(15)19)21-18-10-6-7-11-20(18)23-14-24-21;1-5-10(6-2)12(14)9-13(15)11(7-3)8-4;/h4-11,13-14H,1-3H3;9-11,14H,5-8H2,1-4H3;/q-1;;/b;12-9-;. The molecule has 0 unspecified atom stereocenters. The summed E-state index contributed by atoms with van der Waals surface area (Å²) in [6.45, 7) is 14.8. The second-order valence-corrected chi connectivity index (χ2v) is 11.1. The number of nitrogens with zero attached hydrogens (tertiary/aromatic N) is 2. The summed E-state index contributed by atoms with van der Waals surface area (Å²) in [5, 5.41) is 13.2. The zero-order valence-electron chi connectivity index (χ0n) is 24.9. The molecule has 0 atom stereocenters. The van der Waals surface area contributed by atoms with Crippen molar-refractivity contribution in [2.75, 3.05) is 0 Å². The van der Waals surface area contributed by atoms with Crippen LogP contribution in [0.3, 0.4) is 0 Å². The maximum absolute atomic E-state index is 11.7. The summed E-state index contributed by atoms with van der Waals surface area (Å²) in [6.07, 6.45) is 6.54. The average Bonchev–Trinajstić information content (AvgIpc) is 2.93. The predicted octanol–water partition coefficient (Wildman–Crippen LogP) is 9.41. The Labute approximate surface area is 253 Å². The van der Waals surface area contributed by atoms with Crippen molar-refractivity contribution in [3.63, 3.8) is 0 Å². The number of fused-ring (bicyclic) bond motifs is 2. The van der Waals surface area contributed by atoms with E-state index >= 15 is 0 Å². The van der Waals surface area contributed by atoms with Crippen molar-refractivity contribution in [3.05, 3.63) is 84.4 Å². The van der Waals surface area contributed by atoms with Crippen LogP contribution in [0.25, 0.3) is 32.9 Å². The summed E-state index contributed by atoms with van der Waals surface area (Å²) < 4.78 is 0. The zero-order valence-corrected chi connectivity index (χ0v) is 27.3. The Kier molecular flexibility index (Phi) is 12.7. The quantitative estimate of drug-likeness (QED) is 0.112. The SMILES string of the molecule is CC(C)(C)c1cc(-c2ncnc3ccccc23)[c-]c2ccccc12.CCC(CC)C(=O)/C=C(\O)C(CC)CC.[Ir]. The summed E-state index contributed by atoms with van der Waals surface area (Å²) in [5.41, 5.74) is 4.29. The molecule has 4 aromatic rings. The fourth-order valence-corrected chi connectivity index (χ4v) is 4.98. The van der Waals surface area contributed by atoms with E-state index < -0.39 is 0 Å². The van der Waals surface area contributed by atoms with Crippen LogP contribution in [0.2, 0.25) is 0 Å². The molecule has 0 aliphatic heterocycles. The molecule has 0 bridgehead atoms. The second kappa shape index (κ2) is 15.2. The summed E-state index contributed by atoms with van der Waals surface area (Å²) in [4.78, 5) is 20.7. The first-order chi connectivity index (χ1) is 18.6. The van der Waals surface area contributed by atoms with Crippen LogP contribution in [0, 0.1) is 17.9 Å². The summed E-state index contributed by atoms with van der Waals surface area (Å²) in [6, 6.07) is 22.4. The average molecular weight is 716 g/mol. The van der Waals surface area contributed by atoms with Crippen molar-refractivity contribution < 1.29 is 30.0 Å². The number of carbonyl (C=O) groups excluding carboxylic acids is 1. The van der Waals surface area contributed by atoms with Gasteiger partial charge in [0.1, 0.15) is 6.33 Å². The molecule has 0 fully saturated rings. The Balaban J connectivity index is 0.000000307. The molecule has 5 heteroatoms. The number of rotatable bonds is 8. The Morgan fingerprint density at radius 3 is 2.05 bits per heavy atom. The molecule has 1 N–H and O–H groups in total. The topological polar surface area (TPSA) is 63.1 Å². The van der Waals surface area contributed by atoms with Gasteiger partial charge < -0.3 is 5.11 Å². The molecular weight excluding hydrogens is 673 g/mol. The van der Waals surface area contributed by atoms with Gasteiger partial charge in [0.05, 0.1) is 11.3 Å². The Hall–Kier alpha value is -2.88. The minimum atomic E-state index is 0. The molecule has 4 nitrogen and oxygen atoms in total. The first-order valence-corrected chi connectivity index (χ1v) is 14.2. The van der Waals surface area contributed by atoms with Gasteiger partial charge in [0.15, 0.2) is 5.78 Å². The molecule has 215 valence electrons. The molecule has 0 amide bonds. The number of carbonyl (C=O) groups is 1.